The number of aliphatic hydroxyl groups excluding tert-OH is 1. The largest absolute Gasteiger partial charge is 0.458 e. The molecule has 1 fully saturated rings. The fraction of sp³-hybridized carbons (Fsp3) is 0.636. The number of nitro groups is 1. The molecule has 2 atom stereocenters. The van der Waals surface area contributed by atoms with Gasteiger partial charge in [0.15, 0.2) is 6.04 Å². The minimum absolute atomic E-state index is 0.124. The molecule has 0 aromatic heterocycles. The highest BCUT2D eigenvalue weighted by Crippen LogP contribution is 2.27. The zero-order valence-electron chi connectivity index (χ0n) is 19.1. The number of hydrogen-bond acceptors (Lipinski definition) is 8. The summed E-state index contributed by atoms with van der Waals surface area (Å²) in [5.74, 6) is -0.919. The number of aliphatic hydroxyl groups is 1. The molecule has 1 aromatic rings. The van der Waals surface area contributed by atoms with Crippen LogP contribution in [0.15, 0.2) is 18.2 Å². The molecule has 2 rings (SSSR count). The number of carbonyl (C=O) groups is 2. The van der Waals surface area contributed by atoms with Gasteiger partial charge in [-0.25, -0.2) is 4.79 Å². The quantitative estimate of drug-likeness (QED) is 0.295. The van der Waals surface area contributed by atoms with Gasteiger partial charge in [0.05, 0.1) is 17.4 Å². The van der Waals surface area contributed by atoms with Crippen LogP contribution in [0.1, 0.15) is 46.1 Å². The molecule has 32 heavy (non-hydrogen) atoms. The van der Waals surface area contributed by atoms with Gasteiger partial charge in [0, 0.05) is 25.8 Å². The smallest absolute Gasteiger partial charge is 0.331 e. The summed E-state index contributed by atoms with van der Waals surface area (Å²) in [5.41, 5.74) is -0.0922. The summed E-state index contributed by atoms with van der Waals surface area (Å²) in [6.45, 7) is 8.42. The van der Waals surface area contributed by atoms with Gasteiger partial charge in [-0.2, -0.15) is 0 Å². The van der Waals surface area contributed by atoms with Gasteiger partial charge in [0.1, 0.15) is 11.3 Å². The number of esters is 1. The molecule has 10 nitrogen and oxygen atoms in total. The number of ether oxygens (including phenoxy) is 2. The molecule has 0 aliphatic carbocycles. The Morgan fingerprint density at radius 1 is 1.31 bits per heavy atom. The van der Waals surface area contributed by atoms with Gasteiger partial charge in [-0.3, -0.25) is 14.9 Å². The fourth-order valence-electron chi connectivity index (χ4n) is 3.34. The van der Waals surface area contributed by atoms with Crippen LogP contribution in [-0.2, 0) is 25.5 Å². The van der Waals surface area contributed by atoms with Crippen LogP contribution in [0.2, 0.25) is 0 Å². The fourth-order valence-corrected chi connectivity index (χ4v) is 3.34. The summed E-state index contributed by atoms with van der Waals surface area (Å²) in [4.78, 5) is 35.8. The zero-order valence-corrected chi connectivity index (χ0v) is 19.1. The lowest BCUT2D eigenvalue weighted by molar-refractivity contribution is -0.384. The Hall–Kier alpha value is -2.72. The van der Waals surface area contributed by atoms with E-state index in [1.165, 1.54) is 13.0 Å². The Balaban J connectivity index is 2.04. The van der Waals surface area contributed by atoms with Crippen LogP contribution in [0.4, 0.5) is 11.4 Å². The number of nitro benzene ring substituents is 1. The Morgan fingerprint density at radius 3 is 2.53 bits per heavy atom. The van der Waals surface area contributed by atoms with Crippen molar-refractivity contribution in [3.8, 4) is 0 Å². The van der Waals surface area contributed by atoms with Crippen LogP contribution in [-0.4, -0.2) is 59.4 Å². The number of hydrogen-bond donors (Lipinski definition) is 3. The Kier molecular flexibility index (Phi) is 8.97. The average Bonchev–Trinajstić information content (AvgIpc) is 2.70. The van der Waals surface area contributed by atoms with Crippen LogP contribution in [0.25, 0.3) is 0 Å². The number of amides is 1. The summed E-state index contributed by atoms with van der Waals surface area (Å²) >= 11 is 0. The minimum atomic E-state index is -1.24. The molecule has 1 aliphatic rings. The van der Waals surface area contributed by atoms with Crippen LogP contribution >= 0.6 is 0 Å². The Labute approximate surface area is 187 Å². The van der Waals surface area contributed by atoms with Gasteiger partial charge in [-0.15, -0.1) is 0 Å². The number of carbonyl (C=O) groups excluding carboxylic acids is 2. The number of nitrogens with zero attached hydrogens (tertiary/aromatic N) is 1. The van der Waals surface area contributed by atoms with Crippen molar-refractivity contribution >= 4 is 23.3 Å². The molecule has 1 saturated heterocycles. The van der Waals surface area contributed by atoms with E-state index in [9.17, 15) is 24.8 Å². The van der Waals surface area contributed by atoms with Gasteiger partial charge in [0.2, 0.25) is 5.91 Å². The van der Waals surface area contributed by atoms with Gasteiger partial charge in [0.25, 0.3) is 5.69 Å². The normalized spacial score (nSPS) is 16.7. The minimum Gasteiger partial charge on any atom is -0.458 e. The molecule has 178 valence electrons. The monoisotopic (exact) mass is 451 g/mol. The van der Waals surface area contributed by atoms with Crippen molar-refractivity contribution in [2.45, 2.75) is 64.7 Å². The second-order valence-corrected chi connectivity index (χ2v) is 9.04. The first-order valence-corrected chi connectivity index (χ1v) is 10.8. The maximum Gasteiger partial charge on any atom is 0.331 e. The van der Waals surface area contributed by atoms with Crippen molar-refractivity contribution in [1.82, 2.24) is 5.32 Å². The second-order valence-electron chi connectivity index (χ2n) is 9.04. The molecular formula is C22H33N3O7. The van der Waals surface area contributed by atoms with Crippen LogP contribution in [0.3, 0.4) is 0 Å². The van der Waals surface area contributed by atoms with E-state index in [2.05, 4.69) is 10.6 Å². The van der Waals surface area contributed by atoms with E-state index in [-0.39, 0.29) is 12.1 Å². The molecule has 0 spiro atoms. The topological polar surface area (TPSA) is 140 Å². The highest BCUT2D eigenvalue weighted by molar-refractivity contribution is 5.86. The highest BCUT2D eigenvalue weighted by atomic mass is 16.6. The maximum absolute atomic E-state index is 12.5. The van der Waals surface area contributed by atoms with Gasteiger partial charge in [-0.05, 0) is 58.1 Å². The number of anilines is 1. The van der Waals surface area contributed by atoms with Crippen molar-refractivity contribution in [2.24, 2.45) is 5.92 Å². The standard InChI is InChI=1S/C22H33N3O7/c1-14(26)20(21(28)32-22(2,3)4)24-19(27)12-16-5-6-17(18(11-16)25(29)30)23-13-15-7-9-31-10-8-15/h5-6,11,14-15,20,23,26H,7-10,12-13H2,1-4H3,(H,24,27). The highest BCUT2D eigenvalue weighted by Gasteiger charge is 2.30. The molecule has 3 N–H and O–H groups in total. The molecule has 1 aliphatic heterocycles. The third-order valence-corrected chi connectivity index (χ3v) is 5.01. The van der Waals surface area contributed by atoms with Crippen molar-refractivity contribution in [1.29, 1.82) is 0 Å². The SMILES string of the molecule is CC(O)C(NC(=O)Cc1ccc(NCC2CCOCC2)c([N+](=O)[O-])c1)C(=O)OC(C)(C)C. The first-order chi connectivity index (χ1) is 15.0. The van der Waals surface area contributed by atoms with E-state index in [1.807, 2.05) is 0 Å². The van der Waals surface area contributed by atoms with E-state index in [0.717, 1.165) is 12.8 Å². The van der Waals surface area contributed by atoms with Crippen molar-refractivity contribution in [3.05, 3.63) is 33.9 Å². The second kappa shape index (κ2) is 11.2. The summed E-state index contributed by atoms with van der Waals surface area (Å²) < 4.78 is 10.6. The molecule has 1 heterocycles. The van der Waals surface area contributed by atoms with E-state index in [0.29, 0.717) is 36.9 Å². The first-order valence-electron chi connectivity index (χ1n) is 10.8. The predicted molar refractivity (Wildman–Crippen MR) is 118 cm³/mol. The average molecular weight is 452 g/mol. The van der Waals surface area contributed by atoms with Crippen molar-refractivity contribution < 1.29 is 29.1 Å². The van der Waals surface area contributed by atoms with Crippen LogP contribution in [0.5, 0.6) is 0 Å². The molecular weight excluding hydrogens is 418 g/mol. The van der Waals surface area contributed by atoms with E-state index in [1.54, 1.807) is 32.9 Å². The Morgan fingerprint density at radius 2 is 1.97 bits per heavy atom. The lowest BCUT2D eigenvalue weighted by atomic mass is 10.00. The van der Waals surface area contributed by atoms with E-state index >= 15 is 0 Å². The summed E-state index contributed by atoms with van der Waals surface area (Å²) in [7, 11) is 0. The number of benzene rings is 1. The molecule has 0 saturated carbocycles. The van der Waals surface area contributed by atoms with Crippen molar-refractivity contribution in [3.63, 3.8) is 0 Å². The van der Waals surface area contributed by atoms with Gasteiger partial charge >= 0.3 is 5.97 Å². The Bertz CT molecular complexity index is 814. The third kappa shape index (κ3) is 8.08. The zero-order chi connectivity index (χ0) is 23.9. The van der Waals surface area contributed by atoms with Crippen LogP contribution < -0.4 is 10.6 Å². The molecule has 1 amide bonds. The lowest BCUT2D eigenvalue weighted by Gasteiger charge is -2.26. The first kappa shape index (κ1) is 25.5. The van der Waals surface area contributed by atoms with Gasteiger partial charge in [-0.1, -0.05) is 6.07 Å². The van der Waals surface area contributed by atoms with Crippen LogP contribution in [0, 0.1) is 16.0 Å². The predicted octanol–water partition coefficient (Wildman–Crippen LogP) is 2.18. The maximum atomic E-state index is 12.5. The van der Waals surface area contributed by atoms with E-state index < -0.39 is 34.5 Å². The molecule has 10 heteroatoms. The number of rotatable bonds is 9. The lowest BCUT2D eigenvalue weighted by Crippen LogP contribution is -2.50. The van der Waals surface area contributed by atoms with Crippen molar-refractivity contribution in [2.75, 3.05) is 25.1 Å². The summed E-state index contributed by atoms with van der Waals surface area (Å²) in [6.07, 6.45) is 0.454. The molecule has 0 bridgehead atoms. The number of nitrogens with one attached hydrogen (secondary N) is 2. The third-order valence-electron chi connectivity index (χ3n) is 5.01. The molecule has 0 radical (unpaired) electrons. The van der Waals surface area contributed by atoms with E-state index in [4.69, 9.17) is 9.47 Å². The molecule has 2 unspecified atom stereocenters. The summed E-state index contributed by atoms with van der Waals surface area (Å²) in [5, 5.41) is 27.0. The van der Waals surface area contributed by atoms with Gasteiger partial charge < -0.3 is 25.2 Å². The molecule has 1 aromatic carbocycles. The summed E-state index contributed by atoms with van der Waals surface area (Å²) in [6, 6.07) is 3.32.